The van der Waals surface area contributed by atoms with E-state index in [1.165, 1.54) is 0 Å². The number of carbonyl (C=O) groups excluding carboxylic acids is 1. The van der Waals surface area contributed by atoms with Crippen LogP contribution in [0, 0.1) is 6.92 Å². The van der Waals surface area contributed by atoms with Crippen LogP contribution in [-0.2, 0) is 0 Å². The van der Waals surface area contributed by atoms with Crippen LogP contribution in [0.3, 0.4) is 0 Å². The number of rotatable bonds is 6. The Labute approximate surface area is 117 Å². The molecule has 3 heteroatoms. The van der Waals surface area contributed by atoms with Gasteiger partial charge in [0.2, 0.25) is 0 Å². The number of aryl methyl sites for hydroxylation is 1. The fourth-order valence-electron chi connectivity index (χ4n) is 1.95. The van der Waals surface area contributed by atoms with Crippen molar-refractivity contribution in [2.24, 2.45) is 0 Å². The molecule has 0 spiro atoms. The average Bonchev–Trinajstić information content (AvgIpc) is 2.42. The van der Waals surface area contributed by atoms with Gasteiger partial charge in [0.15, 0.2) is 0 Å². The van der Waals surface area contributed by atoms with Crippen LogP contribution in [-0.4, -0.2) is 30.4 Å². The molecular weight excluding hydrogens is 236 g/mol. The molecule has 0 aliphatic rings. The molecule has 1 N–H and O–H groups in total. The Morgan fingerprint density at radius 1 is 1.37 bits per heavy atom. The summed E-state index contributed by atoms with van der Waals surface area (Å²) in [5.74, 6) is 0.105. The van der Waals surface area contributed by atoms with Crippen molar-refractivity contribution in [2.45, 2.75) is 46.6 Å². The fraction of sp³-hybridized carbons (Fsp3) is 0.562. The third-order valence-electron chi connectivity index (χ3n) is 3.61. The summed E-state index contributed by atoms with van der Waals surface area (Å²) < 4.78 is 0. The summed E-state index contributed by atoms with van der Waals surface area (Å²) in [6.45, 7) is 9.26. The van der Waals surface area contributed by atoms with Crippen molar-refractivity contribution in [3.05, 3.63) is 29.3 Å². The first-order valence-corrected chi connectivity index (χ1v) is 7.12. The molecule has 3 nitrogen and oxygen atoms in total. The van der Waals surface area contributed by atoms with E-state index in [9.17, 15) is 4.79 Å². The predicted molar refractivity (Wildman–Crippen MR) is 81.8 cm³/mol. The molecule has 1 unspecified atom stereocenters. The molecule has 1 aromatic carbocycles. The molecule has 1 aromatic rings. The SMILES string of the molecule is CCCNc1ccc(C(=O)N(C)C(C)CC)c(C)c1. The zero-order valence-electron chi connectivity index (χ0n) is 12.8. The Kier molecular flexibility index (Phi) is 5.87. The van der Waals surface area contributed by atoms with Gasteiger partial charge in [-0.1, -0.05) is 13.8 Å². The number of nitrogens with zero attached hydrogens (tertiary/aromatic N) is 1. The lowest BCUT2D eigenvalue weighted by atomic mass is 10.1. The van der Waals surface area contributed by atoms with Crippen molar-refractivity contribution in [3.63, 3.8) is 0 Å². The van der Waals surface area contributed by atoms with Gasteiger partial charge in [-0.3, -0.25) is 4.79 Å². The molecule has 0 saturated heterocycles. The van der Waals surface area contributed by atoms with Gasteiger partial charge in [-0.2, -0.15) is 0 Å². The topological polar surface area (TPSA) is 32.3 Å². The Morgan fingerprint density at radius 3 is 2.58 bits per heavy atom. The van der Waals surface area contributed by atoms with Gasteiger partial charge in [0.1, 0.15) is 0 Å². The van der Waals surface area contributed by atoms with Gasteiger partial charge < -0.3 is 10.2 Å². The highest BCUT2D eigenvalue weighted by atomic mass is 16.2. The molecule has 0 saturated carbocycles. The van der Waals surface area contributed by atoms with E-state index in [4.69, 9.17) is 0 Å². The Bertz CT molecular complexity index is 429. The van der Waals surface area contributed by atoms with E-state index in [0.29, 0.717) is 0 Å². The minimum atomic E-state index is 0.105. The first-order valence-electron chi connectivity index (χ1n) is 7.12. The second-order valence-electron chi connectivity index (χ2n) is 5.13. The standard InChI is InChI=1S/C16H26N2O/c1-6-10-17-14-8-9-15(12(3)11-14)16(19)18(5)13(4)7-2/h8-9,11,13,17H,6-7,10H2,1-5H3. The van der Waals surface area contributed by atoms with Crippen molar-refractivity contribution in [1.82, 2.24) is 4.90 Å². The minimum Gasteiger partial charge on any atom is -0.385 e. The van der Waals surface area contributed by atoms with Gasteiger partial charge in [-0.05, 0) is 50.5 Å². The molecule has 0 heterocycles. The maximum Gasteiger partial charge on any atom is 0.254 e. The minimum absolute atomic E-state index is 0.105. The van der Waals surface area contributed by atoms with Crippen LogP contribution in [0.1, 0.15) is 49.5 Å². The number of amides is 1. The van der Waals surface area contributed by atoms with Crippen molar-refractivity contribution in [1.29, 1.82) is 0 Å². The van der Waals surface area contributed by atoms with E-state index in [1.807, 2.05) is 37.1 Å². The molecule has 1 amide bonds. The Hall–Kier alpha value is -1.51. The van der Waals surface area contributed by atoms with Crippen molar-refractivity contribution < 1.29 is 4.79 Å². The second kappa shape index (κ2) is 7.17. The maximum absolute atomic E-state index is 12.4. The molecule has 0 fully saturated rings. The quantitative estimate of drug-likeness (QED) is 0.848. The Morgan fingerprint density at radius 2 is 2.05 bits per heavy atom. The van der Waals surface area contributed by atoms with Crippen LogP contribution in [0.15, 0.2) is 18.2 Å². The third-order valence-corrected chi connectivity index (χ3v) is 3.61. The van der Waals surface area contributed by atoms with Crippen molar-refractivity contribution >= 4 is 11.6 Å². The van der Waals surface area contributed by atoms with Gasteiger partial charge in [0.25, 0.3) is 5.91 Å². The van der Waals surface area contributed by atoms with Crippen molar-refractivity contribution in [2.75, 3.05) is 18.9 Å². The summed E-state index contributed by atoms with van der Waals surface area (Å²) in [7, 11) is 1.87. The number of anilines is 1. The van der Waals surface area contributed by atoms with E-state index in [-0.39, 0.29) is 11.9 Å². The monoisotopic (exact) mass is 262 g/mol. The van der Waals surface area contributed by atoms with E-state index in [0.717, 1.165) is 36.2 Å². The van der Waals surface area contributed by atoms with E-state index in [1.54, 1.807) is 0 Å². The summed E-state index contributed by atoms with van der Waals surface area (Å²) in [6, 6.07) is 6.23. The maximum atomic E-state index is 12.4. The normalized spacial score (nSPS) is 12.1. The van der Waals surface area contributed by atoms with Gasteiger partial charge in [0, 0.05) is 30.9 Å². The lowest BCUT2D eigenvalue weighted by molar-refractivity contribution is 0.0740. The summed E-state index contributed by atoms with van der Waals surface area (Å²) in [5.41, 5.74) is 2.91. The molecule has 0 aliphatic carbocycles. The van der Waals surface area contributed by atoms with Gasteiger partial charge >= 0.3 is 0 Å². The average molecular weight is 262 g/mol. The highest BCUT2D eigenvalue weighted by Crippen LogP contribution is 2.18. The Balaban J connectivity index is 2.87. The zero-order chi connectivity index (χ0) is 14.4. The summed E-state index contributed by atoms with van der Waals surface area (Å²) in [5, 5.41) is 3.34. The smallest absolute Gasteiger partial charge is 0.254 e. The first kappa shape index (κ1) is 15.5. The predicted octanol–water partition coefficient (Wildman–Crippen LogP) is 3.69. The molecule has 0 radical (unpaired) electrons. The molecule has 0 aliphatic heterocycles. The molecule has 0 bridgehead atoms. The molecule has 1 rings (SSSR count). The summed E-state index contributed by atoms with van der Waals surface area (Å²) in [6.07, 6.45) is 2.06. The molecule has 19 heavy (non-hydrogen) atoms. The van der Waals surface area contributed by atoms with E-state index >= 15 is 0 Å². The van der Waals surface area contributed by atoms with E-state index < -0.39 is 0 Å². The van der Waals surface area contributed by atoms with Gasteiger partial charge in [-0.25, -0.2) is 0 Å². The first-order chi connectivity index (χ1) is 9.01. The highest BCUT2D eigenvalue weighted by Gasteiger charge is 2.17. The number of carbonyl (C=O) groups is 1. The van der Waals surface area contributed by atoms with Crippen LogP contribution in [0.4, 0.5) is 5.69 Å². The van der Waals surface area contributed by atoms with Gasteiger partial charge in [0.05, 0.1) is 0 Å². The number of nitrogens with one attached hydrogen (secondary N) is 1. The van der Waals surface area contributed by atoms with Crippen LogP contribution in [0.2, 0.25) is 0 Å². The highest BCUT2D eigenvalue weighted by molar-refractivity contribution is 5.96. The van der Waals surface area contributed by atoms with Crippen LogP contribution >= 0.6 is 0 Å². The number of hydrogen-bond acceptors (Lipinski definition) is 2. The molecular formula is C16H26N2O. The number of hydrogen-bond donors (Lipinski definition) is 1. The zero-order valence-corrected chi connectivity index (χ0v) is 12.8. The molecule has 106 valence electrons. The van der Waals surface area contributed by atoms with Crippen LogP contribution in [0.5, 0.6) is 0 Å². The van der Waals surface area contributed by atoms with Crippen LogP contribution in [0.25, 0.3) is 0 Å². The molecule has 0 aromatic heterocycles. The van der Waals surface area contributed by atoms with Gasteiger partial charge in [-0.15, -0.1) is 0 Å². The lowest BCUT2D eigenvalue weighted by Crippen LogP contribution is -2.34. The summed E-state index contributed by atoms with van der Waals surface area (Å²) >= 11 is 0. The third kappa shape index (κ3) is 3.98. The lowest BCUT2D eigenvalue weighted by Gasteiger charge is -2.24. The largest absolute Gasteiger partial charge is 0.385 e. The van der Waals surface area contributed by atoms with E-state index in [2.05, 4.69) is 26.1 Å². The number of benzene rings is 1. The van der Waals surface area contributed by atoms with Crippen LogP contribution < -0.4 is 5.32 Å². The molecule has 1 atom stereocenters. The fourth-order valence-corrected chi connectivity index (χ4v) is 1.95. The summed E-state index contributed by atoms with van der Waals surface area (Å²) in [4.78, 5) is 14.2. The second-order valence-corrected chi connectivity index (χ2v) is 5.13. The van der Waals surface area contributed by atoms with Crippen molar-refractivity contribution in [3.8, 4) is 0 Å².